The van der Waals surface area contributed by atoms with E-state index in [1.165, 1.54) is 16.4 Å². The average Bonchev–Trinajstić information content (AvgIpc) is 3.17. The van der Waals surface area contributed by atoms with Crippen molar-refractivity contribution in [2.75, 3.05) is 18.4 Å². The topological polar surface area (TPSA) is 66.5 Å². The molecule has 1 heterocycles. The van der Waals surface area contributed by atoms with E-state index in [4.69, 9.17) is 23.2 Å². The lowest BCUT2D eigenvalue weighted by molar-refractivity contribution is -0.117. The summed E-state index contributed by atoms with van der Waals surface area (Å²) >= 11 is 11.7. The van der Waals surface area contributed by atoms with E-state index in [2.05, 4.69) is 12.2 Å². The lowest BCUT2D eigenvalue weighted by Gasteiger charge is -2.30. The van der Waals surface area contributed by atoms with Gasteiger partial charge in [0.15, 0.2) is 0 Å². The van der Waals surface area contributed by atoms with Gasteiger partial charge in [-0.3, -0.25) is 4.79 Å². The van der Waals surface area contributed by atoms with Crippen LogP contribution >= 0.6 is 23.2 Å². The van der Waals surface area contributed by atoms with Gasteiger partial charge in [-0.15, -0.1) is 23.2 Å². The maximum Gasteiger partial charge on any atom is 0.243 e. The molecular weight excluding hydrogens is 371 g/mol. The molecule has 5 nitrogen and oxygen atoms in total. The van der Waals surface area contributed by atoms with Gasteiger partial charge in [-0.25, -0.2) is 8.42 Å². The molecule has 1 amide bonds. The molecule has 2 aliphatic rings. The molecule has 0 spiro atoms. The predicted molar refractivity (Wildman–Crippen MR) is 94.8 cm³/mol. The van der Waals surface area contributed by atoms with Gasteiger partial charge in [0.25, 0.3) is 0 Å². The Labute approximate surface area is 152 Å². The monoisotopic (exact) mass is 390 g/mol. The number of anilines is 1. The number of hydrogen-bond donors (Lipinski definition) is 1. The summed E-state index contributed by atoms with van der Waals surface area (Å²) in [5.74, 6) is -0.295. The highest BCUT2D eigenvalue weighted by molar-refractivity contribution is 7.89. The van der Waals surface area contributed by atoms with Crippen LogP contribution in [0, 0.1) is 11.8 Å². The second-order valence-electron chi connectivity index (χ2n) is 6.64. The molecule has 3 rings (SSSR count). The molecule has 1 aliphatic carbocycles. The largest absolute Gasteiger partial charge is 0.326 e. The van der Waals surface area contributed by atoms with E-state index in [1.807, 2.05) is 0 Å². The van der Waals surface area contributed by atoms with Crippen LogP contribution < -0.4 is 5.32 Å². The van der Waals surface area contributed by atoms with Gasteiger partial charge in [0.1, 0.15) is 4.33 Å². The lowest BCUT2D eigenvalue weighted by atomic mass is 10.0. The maximum atomic E-state index is 12.7. The standard InChI is InChI=1S/C16H20Cl2N2O3S/c1-11-3-2-8-20(10-11)24(22,23)13-6-4-12(5-7-13)19-15(21)14-9-16(14,17)18/h4-7,11,14H,2-3,8-10H2,1H3,(H,19,21)/t11-,14-/m1/s1. The summed E-state index contributed by atoms with van der Waals surface area (Å²) < 4.78 is 25.9. The number of nitrogens with zero attached hydrogens (tertiary/aromatic N) is 1. The van der Waals surface area contributed by atoms with Crippen LogP contribution in [0.1, 0.15) is 26.2 Å². The third kappa shape index (κ3) is 3.72. The van der Waals surface area contributed by atoms with Crippen LogP contribution in [0.15, 0.2) is 29.2 Å². The Kier molecular flexibility index (Phi) is 4.86. The fourth-order valence-electron chi connectivity index (χ4n) is 2.95. The molecule has 1 N–H and O–H groups in total. The van der Waals surface area contributed by atoms with Gasteiger partial charge in [-0.2, -0.15) is 4.31 Å². The van der Waals surface area contributed by atoms with Crippen molar-refractivity contribution in [2.24, 2.45) is 11.8 Å². The number of sulfonamides is 1. The van der Waals surface area contributed by atoms with Gasteiger partial charge in [0.05, 0.1) is 10.8 Å². The average molecular weight is 391 g/mol. The normalized spacial score (nSPS) is 26.8. The van der Waals surface area contributed by atoms with Crippen molar-refractivity contribution in [3.63, 3.8) is 0 Å². The van der Waals surface area contributed by atoms with Crippen LogP contribution in [0.4, 0.5) is 5.69 Å². The number of benzene rings is 1. The van der Waals surface area contributed by atoms with Crippen molar-refractivity contribution in [2.45, 2.75) is 35.4 Å². The zero-order valence-corrected chi connectivity index (χ0v) is 15.7. The molecule has 0 unspecified atom stereocenters. The number of halogens is 2. The smallest absolute Gasteiger partial charge is 0.243 e. The minimum Gasteiger partial charge on any atom is -0.326 e. The molecule has 0 aromatic heterocycles. The molecule has 2 fully saturated rings. The highest BCUT2D eigenvalue weighted by atomic mass is 35.5. The van der Waals surface area contributed by atoms with Crippen LogP contribution in [-0.4, -0.2) is 36.1 Å². The molecule has 1 aliphatic heterocycles. The van der Waals surface area contributed by atoms with Gasteiger partial charge in [0.2, 0.25) is 15.9 Å². The number of amides is 1. The summed E-state index contributed by atoms with van der Waals surface area (Å²) in [5, 5.41) is 2.71. The first-order valence-electron chi connectivity index (χ1n) is 7.99. The van der Waals surface area contributed by atoms with Crippen molar-refractivity contribution in [1.29, 1.82) is 0 Å². The number of alkyl halides is 2. The molecule has 0 radical (unpaired) electrons. The van der Waals surface area contributed by atoms with E-state index in [9.17, 15) is 13.2 Å². The highest BCUT2D eigenvalue weighted by Gasteiger charge is 2.56. The first kappa shape index (κ1) is 18.0. The molecular formula is C16H20Cl2N2O3S. The Hall–Kier alpha value is -0.820. The number of hydrogen-bond acceptors (Lipinski definition) is 3. The Bertz CT molecular complexity index is 734. The van der Waals surface area contributed by atoms with Crippen LogP contribution in [0.2, 0.25) is 0 Å². The summed E-state index contributed by atoms with van der Waals surface area (Å²) in [6, 6.07) is 6.22. The predicted octanol–water partition coefficient (Wildman–Crippen LogP) is 3.24. The molecule has 132 valence electrons. The van der Waals surface area contributed by atoms with Crippen molar-refractivity contribution in [3.8, 4) is 0 Å². The molecule has 2 atom stereocenters. The zero-order chi connectivity index (χ0) is 17.5. The summed E-state index contributed by atoms with van der Waals surface area (Å²) in [6.45, 7) is 3.17. The number of rotatable bonds is 4. The lowest BCUT2D eigenvalue weighted by Crippen LogP contribution is -2.39. The molecule has 1 aromatic rings. The number of carbonyl (C=O) groups is 1. The van der Waals surface area contributed by atoms with Crippen LogP contribution in [0.25, 0.3) is 0 Å². The Balaban J connectivity index is 1.68. The third-order valence-electron chi connectivity index (χ3n) is 4.52. The summed E-state index contributed by atoms with van der Waals surface area (Å²) in [7, 11) is -3.48. The van der Waals surface area contributed by atoms with Crippen LogP contribution in [0.5, 0.6) is 0 Å². The second-order valence-corrected chi connectivity index (χ2v) is 10.1. The minimum atomic E-state index is -3.48. The van der Waals surface area contributed by atoms with E-state index in [-0.39, 0.29) is 10.8 Å². The van der Waals surface area contributed by atoms with Gasteiger partial charge >= 0.3 is 0 Å². The SMILES string of the molecule is C[C@@H]1CCCN(S(=O)(=O)c2ccc(NC(=O)[C@H]3CC3(Cl)Cl)cc2)C1. The first-order valence-corrected chi connectivity index (χ1v) is 10.2. The van der Waals surface area contributed by atoms with Crippen molar-refractivity contribution >= 4 is 44.8 Å². The maximum absolute atomic E-state index is 12.7. The van der Waals surface area contributed by atoms with Gasteiger partial charge in [-0.1, -0.05) is 6.92 Å². The zero-order valence-electron chi connectivity index (χ0n) is 13.3. The Morgan fingerprint density at radius 3 is 2.46 bits per heavy atom. The second kappa shape index (κ2) is 6.48. The molecule has 1 aromatic carbocycles. The molecule has 8 heteroatoms. The molecule has 1 saturated carbocycles. The summed E-state index contributed by atoms with van der Waals surface area (Å²) in [5.41, 5.74) is 0.530. The third-order valence-corrected chi connectivity index (χ3v) is 7.24. The summed E-state index contributed by atoms with van der Waals surface area (Å²) in [6.07, 6.45) is 2.37. The fourth-order valence-corrected chi connectivity index (χ4v) is 5.06. The quantitative estimate of drug-likeness (QED) is 0.802. The number of piperidine rings is 1. The van der Waals surface area contributed by atoms with E-state index in [0.717, 1.165) is 12.8 Å². The highest BCUT2D eigenvalue weighted by Crippen LogP contribution is 2.53. The van der Waals surface area contributed by atoms with Crippen LogP contribution in [-0.2, 0) is 14.8 Å². The van der Waals surface area contributed by atoms with Crippen molar-refractivity contribution in [1.82, 2.24) is 4.31 Å². The van der Waals surface area contributed by atoms with Crippen molar-refractivity contribution in [3.05, 3.63) is 24.3 Å². The van der Waals surface area contributed by atoms with E-state index < -0.39 is 20.3 Å². The Morgan fingerprint density at radius 1 is 1.29 bits per heavy atom. The minimum absolute atomic E-state index is 0.241. The molecule has 1 saturated heterocycles. The van der Waals surface area contributed by atoms with Gasteiger partial charge in [0, 0.05) is 18.8 Å². The van der Waals surface area contributed by atoms with Crippen LogP contribution in [0.3, 0.4) is 0 Å². The molecule has 24 heavy (non-hydrogen) atoms. The van der Waals surface area contributed by atoms with Gasteiger partial charge < -0.3 is 5.32 Å². The number of nitrogens with one attached hydrogen (secondary N) is 1. The van der Waals surface area contributed by atoms with Crippen molar-refractivity contribution < 1.29 is 13.2 Å². The van der Waals surface area contributed by atoms with E-state index in [0.29, 0.717) is 31.1 Å². The van der Waals surface area contributed by atoms with E-state index >= 15 is 0 Å². The number of carbonyl (C=O) groups excluding carboxylic acids is 1. The Morgan fingerprint density at radius 2 is 1.92 bits per heavy atom. The van der Waals surface area contributed by atoms with Gasteiger partial charge in [-0.05, 0) is 49.4 Å². The molecule has 0 bridgehead atoms. The summed E-state index contributed by atoms with van der Waals surface area (Å²) in [4.78, 5) is 12.2. The first-order chi connectivity index (χ1) is 11.2. The van der Waals surface area contributed by atoms with E-state index in [1.54, 1.807) is 12.1 Å². The fraction of sp³-hybridized carbons (Fsp3) is 0.562.